The number of nitrogens with two attached hydrogens (primary N) is 1. The lowest BCUT2D eigenvalue weighted by Crippen LogP contribution is -2.30. The van der Waals surface area contributed by atoms with E-state index in [2.05, 4.69) is 31.7 Å². The van der Waals surface area contributed by atoms with E-state index in [-0.39, 0.29) is 6.04 Å². The van der Waals surface area contributed by atoms with Crippen molar-refractivity contribution in [2.45, 2.75) is 39.3 Å². The molecule has 1 fully saturated rings. The van der Waals surface area contributed by atoms with Gasteiger partial charge in [-0.3, -0.25) is 4.90 Å². The van der Waals surface area contributed by atoms with E-state index in [1.807, 2.05) is 6.07 Å². The smallest absolute Gasteiger partial charge is 0.120 e. The van der Waals surface area contributed by atoms with Crippen molar-refractivity contribution in [1.29, 1.82) is 0 Å². The van der Waals surface area contributed by atoms with Crippen molar-refractivity contribution >= 4 is 0 Å². The number of phenolic OH excluding ortho intramolecular Hbond substituents is 1. The number of likely N-dealkylation sites (tertiary alicyclic amines) is 1. The summed E-state index contributed by atoms with van der Waals surface area (Å²) >= 11 is 0. The standard InChI is InChI=1S/C15H24N2O/c1-10-4-5-15(18)14(6-10)12(3)17-9-13(8-16)7-11(17)2/h4-6,11-13,18H,7-9,16H2,1-3H3. The first-order valence-electron chi connectivity index (χ1n) is 6.78. The lowest BCUT2D eigenvalue weighted by atomic mass is 10.0. The lowest BCUT2D eigenvalue weighted by molar-refractivity contribution is 0.197. The summed E-state index contributed by atoms with van der Waals surface area (Å²) in [7, 11) is 0. The number of hydrogen-bond acceptors (Lipinski definition) is 3. The molecule has 3 heteroatoms. The molecule has 1 saturated heterocycles. The van der Waals surface area contributed by atoms with Crippen LogP contribution < -0.4 is 5.73 Å². The van der Waals surface area contributed by atoms with Gasteiger partial charge in [0.1, 0.15) is 5.75 Å². The van der Waals surface area contributed by atoms with Gasteiger partial charge in [0.2, 0.25) is 0 Å². The summed E-state index contributed by atoms with van der Waals surface area (Å²) in [6.45, 7) is 8.27. The first-order valence-corrected chi connectivity index (χ1v) is 6.78. The predicted octanol–water partition coefficient (Wildman–Crippen LogP) is 2.43. The fourth-order valence-corrected chi connectivity index (χ4v) is 3.07. The van der Waals surface area contributed by atoms with Gasteiger partial charge in [-0.1, -0.05) is 17.7 Å². The number of aromatic hydroxyl groups is 1. The van der Waals surface area contributed by atoms with E-state index < -0.39 is 0 Å². The molecule has 0 aliphatic carbocycles. The zero-order chi connectivity index (χ0) is 13.3. The number of hydrogen-bond donors (Lipinski definition) is 2. The summed E-state index contributed by atoms with van der Waals surface area (Å²) in [5, 5.41) is 10.0. The minimum atomic E-state index is 0.247. The summed E-state index contributed by atoms with van der Waals surface area (Å²) in [6, 6.07) is 6.61. The molecule has 18 heavy (non-hydrogen) atoms. The van der Waals surface area contributed by atoms with Gasteiger partial charge in [0, 0.05) is 24.2 Å². The molecule has 1 heterocycles. The Bertz CT molecular complexity index is 419. The highest BCUT2D eigenvalue weighted by Gasteiger charge is 2.32. The molecule has 0 spiro atoms. The Morgan fingerprint density at radius 2 is 2.22 bits per heavy atom. The number of rotatable bonds is 3. The van der Waals surface area contributed by atoms with Gasteiger partial charge < -0.3 is 10.8 Å². The Balaban J connectivity index is 2.20. The number of phenols is 1. The largest absolute Gasteiger partial charge is 0.508 e. The second kappa shape index (κ2) is 5.29. The third kappa shape index (κ3) is 2.52. The van der Waals surface area contributed by atoms with Crippen LogP contribution in [0.1, 0.15) is 37.4 Å². The Morgan fingerprint density at radius 3 is 2.83 bits per heavy atom. The molecule has 3 unspecified atom stereocenters. The third-order valence-electron chi connectivity index (χ3n) is 4.17. The maximum atomic E-state index is 10.0. The topological polar surface area (TPSA) is 49.5 Å². The molecule has 3 nitrogen and oxygen atoms in total. The van der Waals surface area contributed by atoms with Gasteiger partial charge in [-0.15, -0.1) is 0 Å². The van der Waals surface area contributed by atoms with Crippen LogP contribution in [-0.2, 0) is 0 Å². The molecule has 0 amide bonds. The van der Waals surface area contributed by atoms with Gasteiger partial charge >= 0.3 is 0 Å². The zero-order valence-electron chi connectivity index (χ0n) is 11.6. The Labute approximate surface area is 110 Å². The maximum Gasteiger partial charge on any atom is 0.120 e. The normalized spacial score (nSPS) is 26.4. The molecule has 0 radical (unpaired) electrons. The fraction of sp³-hybridized carbons (Fsp3) is 0.600. The van der Waals surface area contributed by atoms with Crippen LogP contribution in [0.25, 0.3) is 0 Å². The summed E-state index contributed by atoms with van der Waals surface area (Å²) in [5.41, 5.74) is 7.99. The summed E-state index contributed by atoms with van der Waals surface area (Å²) in [6.07, 6.45) is 1.16. The van der Waals surface area contributed by atoms with Gasteiger partial charge in [0.05, 0.1) is 0 Å². The summed E-state index contributed by atoms with van der Waals surface area (Å²) < 4.78 is 0. The van der Waals surface area contributed by atoms with Crippen LogP contribution >= 0.6 is 0 Å². The van der Waals surface area contributed by atoms with E-state index >= 15 is 0 Å². The van der Waals surface area contributed by atoms with Crippen molar-refractivity contribution in [3.05, 3.63) is 29.3 Å². The van der Waals surface area contributed by atoms with E-state index in [4.69, 9.17) is 5.73 Å². The molecular formula is C15H24N2O. The molecule has 1 aromatic carbocycles. The van der Waals surface area contributed by atoms with Gasteiger partial charge in [-0.25, -0.2) is 0 Å². The van der Waals surface area contributed by atoms with E-state index in [9.17, 15) is 5.11 Å². The average molecular weight is 248 g/mol. The van der Waals surface area contributed by atoms with Crippen LogP contribution in [-0.4, -0.2) is 29.1 Å². The highest BCUT2D eigenvalue weighted by Crippen LogP contribution is 2.35. The van der Waals surface area contributed by atoms with Crippen LogP contribution in [0, 0.1) is 12.8 Å². The highest BCUT2D eigenvalue weighted by atomic mass is 16.3. The highest BCUT2D eigenvalue weighted by molar-refractivity contribution is 5.38. The van der Waals surface area contributed by atoms with Crippen molar-refractivity contribution in [1.82, 2.24) is 4.90 Å². The molecule has 2 rings (SSSR count). The number of nitrogens with zero attached hydrogens (tertiary/aromatic N) is 1. The van der Waals surface area contributed by atoms with Crippen LogP contribution in [0.15, 0.2) is 18.2 Å². The van der Waals surface area contributed by atoms with Gasteiger partial charge in [0.15, 0.2) is 0 Å². The Kier molecular flexibility index (Phi) is 3.93. The van der Waals surface area contributed by atoms with Crippen LogP contribution in [0.4, 0.5) is 0 Å². The van der Waals surface area contributed by atoms with Crippen LogP contribution in [0.5, 0.6) is 5.75 Å². The van der Waals surface area contributed by atoms with Crippen molar-refractivity contribution in [3.63, 3.8) is 0 Å². The first kappa shape index (κ1) is 13.4. The maximum absolute atomic E-state index is 10.0. The van der Waals surface area contributed by atoms with Gasteiger partial charge in [-0.05, 0) is 45.7 Å². The van der Waals surface area contributed by atoms with Crippen molar-refractivity contribution in [3.8, 4) is 5.75 Å². The molecule has 3 atom stereocenters. The Hall–Kier alpha value is -1.06. The Morgan fingerprint density at radius 1 is 1.50 bits per heavy atom. The SMILES string of the molecule is Cc1ccc(O)c(C(C)N2CC(CN)CC2C)c1. The lowest BCUT2D eigenvalue weighted by Gasteiger charge is -2.29. The van der Waals surface area contributed by atoms with Crippen LogP contribution in [0.3, 0.4) is 0 Å². The second-order valence-electron chi connectivity index (χ2n) is 5.62. The minimum absolute atomic E-state index is 0.247. The zero-order valence-corrected chi connectivity index (χ0v) is 11.6. The predicted molar refractivity (Wildman–Crippen MR) is 74.6 cm³/mol. The van der Waals surface area contributed by atoms with Crippen molar-refractivity contribution in [2.24, 2.45) is 11.7 Å². The molecule has 100 valence electrons. The molecular weight excluding hydrogens is 224 g/mol. The van der Waals surface area contributed by atoms with E-state index in [0.29, 0.717) is 17.7 Å². The fourth-order valence-electron chi connectivity index (χ4n) is 3.07. The van der Waals surface area contributed by atoms with E-state index in [1.54, 1.807) is 6.07 Å². The second-order valence-corrected chi connectivity index (χ2v) is 5.62. The van der Waals surface area contributed by atoms with E-state index in [1.165, 1.54) is 5.56 Å². The molecule has 1 aliphatic rings. The summed E-state index contributed by atoms with van der Waals surface area (Å²) in [4.78, 5) is 2.45. The monoisotopic (exact) mass is 248 g/mol. The third-order valence-corrected chi connectivity index (χ3v) is 4.17. The van der Waals surface area contributed by atoms with Gasteiger partial charge in [0.25, 0.3) is 0 Å². The molecule has 0 saturated carbocycles. The minimum Gasteiger partial charge on any atom is -0.508 e. The molecule has 3 N–H and O–H groups in total. The number of benzene rings is 1. The van der Waals surface area contributed by atoms with Crippen molar-refractivity contribution < 1.29 is 5.11 Å². The number of aryl methyl sites for hydroxylation is 1. The quantitative estimate of drug-likeness (QED) is 0.863. The molecule has 0 bridgehead atoms. The first-order chi connectivity index (χ1) is 8.52. The average Bonchev–Trinajstić information content (AvgIpc) is 2.73. The van der Waals surface area contributed by atoms with Crippen molar-refractivity contribution in [2.75, 3.05) is 13.1 Å². The van der Waals surface area contributed by atoms with E-state index in [0.717, 1.165) is 25.1 Å². The summed E-state index contributed by atoms with van der Waals surface area (Å²) in [5.74, 6) is 0.992. The molecule has 0 aromatic heterocycles. The molecule has 1 aliphatic heterocycles. The van der Waals surface area contributed by atoms with Gasteiger partial charge in [-0.2, -0.15) is 0 Å². The molecule has 1 aromatic rings. The van der Waals surface area contributed by atoms with Crippen LogP contribution in [0.2, 0.25) is 0 Å².